The van der Waals surface area contributed by atoms with Gasteiger partial charge in [0.1, 0.15) is 5.76 Å². The molecule has 22 heavy (non-hydrogen) atoms. The Morgan fingerprint density at radius 2 is 1.73 bits per heavy atom. The first kappa shape index (κ1) is 16.7. The number of allylic oxidation sites excluding steroid dienone is 2. The van der Waals surface area contributed by atoms with E-state index in [-0.39, 0.29) is 11.5 Å². The van der Waals surface area contributed by atoms with Gasteiger partial charge in [-0.2, -0.15) is 0 Å². The van der Waals surface area contributed by atoms with Crippen LogP contribution < -0.4 is 0 Å². The fraction of sp³-hybridized carbons (Fsp3) is 0.167. The Bertz CT molecular complexity index is 680. The van der Waals surface area contributed by atoms with E-state index >= 15 is 0 Å². The number of benzene rings is 2. The number of Topliss-reactive ketones (excluding diaryl/α,β-unsaturated/α-hetero) is 1. The van der Waals surface area contributed by atoms with Crippen LogP contribution in [0.15, 0.2) is 65.3 Å². The van der Waals surface area contributed by atoms with Crippen LogP contribution >= 0.6 is 23.4 Å². The van der Waals surface area contributed by atoms with E-state index in [2.05, 4.69) is 0 Å². The molecule has 0 bridgehead atoms. The van der Waals surface area contributed by atoms with Gasteiger partial charge in [0.05, 0.1) is 10.6 Å². The standard InChI is InChI=1S/C18H17ClO2S/c1-13(20)18(14-7-3-2-4-8-14)16(21)11-12-22-17-10-6-5-9-15(17)19/h2-10,21H,11-12H2,1H3/b18-16-. The number of aliphatic hydroxyl groups excluding tert-OH is 1. The Labute approximate surface area is 139 Å². The van der Waals surface area contributed by atoms with E-state index in [9.17, 15) is 9.90 Å². The smallest absolute Gasteiger partial charge is 0.163 e. The summed E-state index contributed by atoms with van der Waals surface area (Å²) in [4.78, 5) is 12.8. The van der Waals surface area contributed by atoms with Crippen molar-refractivity contribution in [3.8, 4) is 0 Å². The van der Waals surface area contributed by atoms with Crippen LogP contribution in [0.25, 0.3) is 5.57 Å². The highest BCUT2D eigenvalue weighted by molar-refractivity contribution is 7.99. The molecule has 0 aromatic heterocycles. The number of rotatable bonds is 6. The van der Waals surface area contributed by atoms with Gasteiger partial charge in [-0.1, -0.05) is 54.1 Å². The lowest BCUT2D eigenvalue weighted by molar-refractivity contribution is -0.111. The molecule has 0 amide bonds. The molecule has 0 fully saturated rings. The first-order valence-corrected chi connectivity index (χ1v) is 8.31. The highest BCUT2D eigenvalue weighted by atomic mass is 35.5. The maximum atomic E-state index is 11.8. The van der Waals surface area contributed by atoms with Gasteiger partial charge in [-0.15, -0.1) is 11.8 Å². The molecule has 0 atom stereocenters. The number of thioether (sulfide) groups is 1. The molecule has 0 radical (unpaired) electrons. The molecule has 0 spiro atoms. The molecular weight excluding hydrogens is 316 g/mol. The first-order valence-electron chi connectivity index (χ1n) is 6.95. The third kappa shape index (κ3) is 4.39. The van der Waals surface area contributed by atoms with Gasteiger partial charge < -0.3 is 5.11 Å². The fourth-order valence-electron chi connectivity index (χ4n) is 2.12. The summed E-state index contributed by atoms with van der Waals surface area (Å²) in [6.07, 6.45) is 0.416. The predicted octanol–water partition coefficient (Wildman–Crippen LogP) is 5.38. The normalized spacial score (nSPS) is 11.9. The van der Waals surface area contributed by atoms with Gasteiger partial charge in [-0.05, 0) is 24.6 Å². The summed E-state index contributed by atoms with van der Waals surface area (Å²) < 4.78 is 0. The SMILES string of the molecule is CC(=O)/C(=C(/O)CCSc1ccccc1Cl)c1ccccc1. The molecular formula is C18H17ClO2S. The van der Waals surface area contributed by atoms with Crippen molar-refractivity contribution in [2.75, 3.05) is 5.75 Å². The zero-order valence-electron chi connectivity index (χ0n) is 12.3. The van der Waals surface area contributed by atoms with Gasteiger partial charge in [-0.3, -0.25) is 4.79 Å². The van der Waals surface area contributed by atoms with Gasteiger partial charge >= 0.3 is 0 Å². The van der Waals surface area contributed by atoms with Gasteiger partial charge in [-0.25, -0.2) is 0 Å². The van der Waals surface area contributed by atoms with E-state index in [1.807, 2.05) is 54.6 Å². The van der Waals surface area contributed by atoms with Crippen molar-refractivity contribution in [2.45, 2.75) is 18.2 Å². The first-order chi connectivity index (χ1) is 10.6. The second kappa shape index (κ2) is 8.06. The predicted molar refractivity (Wildman–Crippen MR) is 93.5 cm³/mol. The molecule has 0 aliphatic rings. The number of hydrogen-bond donors (Lipinski definition) is 1. The van der Waals surface area contributed by atoms with E-state index < -0.39 is 0 Å². The summed E-state index contributed by atoms with van der Waals surface area (Å²) in [5, 5.41) is 11.0. The topological polar surface area (TPSA) is 37.3 Å². The lowest BCUT2D eigenvalue weighted by atomic mass is 10.0. The highest BCUT2D eigenvalue weighted by Crippen LogP contribution is 2.29. The molecule has 114 valence electrons. The molecule has 0 aliphatic heterocycles. The molecule has 2 nitrogen and oxygen atoms in total. The number of carbonyl (C=O) groups is 1. The van der Waals surface area contributed by atoms with E-state index in [1.165, 1.54) is 6.92 Å². The zero-order valence-corrected chi connectivity index (χ0v) is 13.8. The van der Waals surface area contributed by atoms with Crippen molar-refractivity contribution in [3.05, 3.63) is 70.9 Å². The van der Waals surface area contributed by atoms with Gasteiger partial charge in [0.25, 0.3) is 0 Å². The summed E-state index contributed by atoms with van der Waals surface area (Å²) in [5.41, 5.74) is 1.13. The minimum atomic E-state index is -0.133. The Morgan fingerprint density at radius 1 is 1.09 bits per heavy atom. The lowest BCUT2D eigenvalue weighted by Gasteiger charge is -2.09. The average molecular weight is 333 g/mol. The van der Waals surface area contributed by atoms with Crippen LogP contribution in [0.2, 0.25) is 5.02 Å². The maximum Gasteiger partial charge on any atom is 0.163 e. The Balaban J connectivity index is 2.09. The van der Waals surface area contributed by atoms with Gasteiger partial charge in [0.15, 0.2) is 5.78 Å². The number of carbonyl (C=O) groups excluding carboxylic acids is 1. The molecule has 4 heteroatoms. The summed E-state index contributed by atoms with van der Waals surface area (Å²) in [6.45, 7) is 1.47. The zero-order chi connectivity index (χ0) is 15.9. The number of aliphatic hydroxyl groups is 1. The highest BCUT2D eigenvalue weighted by Gasteiger charge is 2.13. The molecule has 0 saturated heterocycles. The van der Waals surface area contributed by atoms with Crippen molar-refractivity contribution in [3.63, 3.8) is 0 Å². The van der Waals surface area contributed by atoms with E-state index in [0.717, 1.165) is 10.5 Å². The summed E-state index contributed by atoms with van der Waals surface area (Å²) in [7, 11) is 0. The largest absolute Gasteiger partial charge is 0.512 e. The van der Waals surface area contributed by atoms with E-state index in [4.69, 9.17) is 11.6 Å². The average Bonchev–Trinajstić information content (AvgIpc) is 2.50. The Kier molecular flexibility index (Phi) is 6.10. The molecule has 2 rings (SSSR count). The third-order valence-corrected chi connectivity index (χ3v) is 4.65. The number of hydrogen-bond acceptors (Lipinski definition) is 3. The monoisotopic (exact) mass is 332 g/mol. The van der Waals surface area contributed by atoms with Gasteiger partial charge in [0, 0.05) is 17.1 Å². The Hall–Kier alpha value is -1.71. The molecule has 1 N–H and O–H groups in total. The molecule has 0 heterocycles. The van der Waals surface area contributed by atoms with Gasteiger partial charge in [0.2, 0.25) is 0 Å². The summed E-state index contributed by atoms with van der Waals surface area (Å²) >= 11 is 7.66. The maximum absolute atomic E-state index is 11.8. The van der Waals surface area contributed by atoms with E-state index in [1.54, 1.807) is 11.8 Å². The summed E-state index contributed by atoms with van der Waals surface area (Å²) in [6, 6.07) is 16.8. The summed E-state index contributed by atoms with van der Waals surface area (Å²) in [5.74, 6) is 0.642. The Morgan fingerprint density at radius 3 is 2.36 bits per heavy atom. The van der Waals surface area contributed by atoms with Crippen molar-refractivity contribution in [1.29, 1.82) is 0 Å². The van der Waals surface area contributed by atoms with Crippen LogP contribution in [0.5, 0.6) is 0 Å². The minimum Gasteiger partial charge on any atom is -0.512 e. The number of halogens is 1. The van der Waals surface area contributed by atoms with Crippen molar-refractivity contribution >= 4 is 34.7 Å². The molecule has 0 unspecified atom stereocenters. The van der Waals surface area contributed by atoms with Crippen LogP contribution in [0.1, 0.15) is 18.9 Å². The minimum absolute atomic E-state index is 0.123. The second-order valence-electron chi connectivity index (χ2n) is 4.77. The number of ketones is 1. The quantitative estimate of drug-likeness (QED) is 0.438. The van der Waals surface area contributed by atoms with E-state index in [0.29, 0.717) is 22.8 Å². The third-order valence-electron chi connectivity index (χ3n) is 3.14. The van der Waals surface area contributed by atoms with Crippen molar-refractivity contribution in [2.24, 2.45) is 0 Å². The van der Waals surface area contributed by atoms with Crippen LogP contribution in [-0.4, -0.2) is 16.6 Å². The van der Waals surface area contributed by atoms with Crippen LogP contribution in [-0.2, 0) is 4.79 Å². The molecule has 0 aliphatic carbocycles. The molecule has 2 aromatic carbocycles. The molecule has 2 aromatic rings. The van der Waals surface area contributed by atoms with Crippen molar-refractivity contribution in [1.82, 2.24) is 0 Å². The second-order valence-corrected chi connectivity index (χ2v) is 6.32. The van der Waals surface area contributed by atoms with Crippen LogP contribution in [0.3, 0.4) is 0 Å². The lowest BCUT2D eigenvalue weighted by Crippen LogP contribution is -2.02. The fourth-order valence-corrected chi connectivity index (χ4v) is 3.32. The molecule has 0 saturated carbocycles. The van der Waals surface area contributed by atoms with Crippen LogP contribution in [0, 0.1) is 0 Å². The van der Waals surface area contributed by atoms with Crippen molar-refractivity contribution < 1.29 is 9.90 Å². The van der Waals surface area contributed by atoms with Crippen LogP contribution in [0.4, 0.5) is 0 Å².